The second-order valence-electron chi connectivity index (χ2n) is 11.3. The Morgan fingerprint density at radius 1 is 0.591 bits per heavy atom. The number of phenols is 2. The standard InChI is InChI=1S/C34H50N4O6/c1-5-9-12-13-16-26(32(42)36-38-34(44)28-20-18-24(15-11-7-3)22-30(28)40)25(8-4)31(41)35-37-33(43)27-19-17-23(14-10-6-2)21-29(27)39/h17-22,25-26,39-40H,5-16H2,1-4H3,(H,35,41)(H,36,42)(H,37,43)(H,38,44). The molecule has 2 aromatic carbocycles. The fourth-order valence-electron chi connectivity index (χ4n) is 5.13. The number of unbranched alkanes of at least 4 members (excludes halogenated alkanes) is 5. The van der Waals surface area contributed by atoms with E-state index < -0.39 is 35.5 Å². The minimum absolute atomic E-state index is 0.0248. The van der Waals surface area contributed by atoms with E-state index in [-0.39, 0.29) is 22.6 Å². The van der Waals surface area contributed by atoms with Gasteiger partial charge in [-0.3, -0.25) is 40.9 Å². The molecular weight excluding hydrogens is 560 g/mol. The van der Waals surface area contributed by atoms with Gasteiger partial charge in [0.05, 0.1) is 23.0 Å². The van der Waals surface area contributed by atoms with E-state index in [9.17, 15) is 29.4 Å². The summed E-state index contributed by atoms with van der Waals surface area (Å²) in [5, 5.41) is 20.7. The molecule has 0 saturated carbocycles. The Bertz CT molecular complexity index is 1250. The van der Waals surface area contributed by atoms with Crippen molar-refractivity contribution in [3.05, 3.63) is 58.7 Å². The molecule has 2 unspecified atom stereocenters. The summed E-state index contributed by atoms with van der Waals surface area (Å²) in [7, 11) is 0. The quantitative estimate of drug-likeness (QED) is 0.101. The van der Waals surface area contributed by atoms with Gasteiger partial charge < -0.3 is 10.2 Å². The van der Waals surface area contributed by atoms with Crippen LogP contribution in [-0.4, -0.2) is 33.8 Å². The third kappa shape index (κ3) is 11.2. The van der Waals surface area contributed by atoms with Crippen molar-refractivity contribution in [1.29, 1.82) is 0 Å². The van der Waals surface area contributed by atoms with Gasteiger partial charge in [-0.05, 0) is 73.9 Å². The maximum Gasteiger partial charge on any atom is 0.273 e. The Kier molecular flexibility index (Phi) is 15.8. The number of hydrogen-bond acceptors (Lipinski definition) is 6. The summed E-state index contributed by atoms with van der Waals surface area (Å²) < 4.78 is 0. The largest absolute Gasteiger partial charge is 0.507 e. The Morgan fingerprint density at radius 3 is 1.45 bits per heavy atom. The van der Waals surface area contributed by atoms with Crippen LogP contribution in [-0.2, 0) is 22.4 Å². The van der Waals surface area contributed by atoms with Gasteiger partial charge >= 0.3 is 0 Å². The lowest BCUT2D eigenvalue weighted by molar-refractivity contribution is -0.136. The Morgan fingerprint density at radius 2 is 1.05 bits per heavy atom. The fourth-order valence-corrected chi connectivity index (χ4v) is 5.13. The van der Waals surface area contributed by atoms with Crippen LogP contribution in [0, 0.1) is 11.8 Å². The van der Waals surface area contributed by atoms with Crippen molar-refractivity contribution in [2.75, 3.05) is 0 Å². The molecule has 0 fully saturated rings. The molecule has 10 heteroatoms. The summed E-state index contributed by atoms with van der Waals surface area (Å²) in [6.07, 6.45) is 9.80. The average molecular weight is 611 g/mol. The van der Waals surface area contributed by atoms with E-state index in [1.165, 1.54) is 12.1 Å². The van der Waals surface area contributed by atoms with E-state index in [1.807, 2.05) is 0 Å². The number of hydrogen-bond donors (Lipinski definition) is 6. The Balaban J connectivity index is 2.08. The molecule has 0 radical (unpaired) electrons. The maximum absolute atomic E-state index is 13.3. The summed E-state index contributed by atoms with van der Waals surface area (Å²) in [6.45, 7) is 8.00. The molecule has 0 spiro atoms. The van der Waals surface area contributed by atoms with E-state index in [4.69, 9.17) is 0 Å². The highest BCUT2D eigenvalue weighted by atomic mass is 16.3. The van der Waals surface area contributed by atoms with E-state index >= 15 is 0 Å². The number of amides is 4. The minimum Gasteiger partial charge on any atom is -0.507 e. The SMILES string of the molecule is CCCCCCC(C(=O)NNC(=O)c1ccc(CCCC)cc1O)C(CC)C(=O)NNC(=O)c1ccc(CCCC)cc1O. The molecule has 10 nitrogen and oxygen atoms in total. The molecule has 0 saturated heterocycles. The van der Waals surface area contributed by atoms with Crippen molar-refractivity contribution in [2.45, 2.75) is 105 Å². The molecule has 4 amide bonds. The number of rotatable bonds is 17. The van der Waals surface area contributed by atoms with Crippen molar-refractivity contribution in [3.63, 3.8) is 0 Å². The second kappa shape index (κ2) is 19.2. The van der Waals surface area contributed by atoms with Crippen LogP contribution in [0.5, 0.6) is 11.5 Å². The van der Waals surface area contributed by atoms with Gasteiger partial charge in [-0.1, -0.05) is 78.4 Å². The lowest BCUT2D eigenvalue weighted by Gasteiger charge is -2.25. The predicted octanol–water partition coefficient (Wildman–Crippen LogP) is 5.62. The topological polar surface area (TPSA) is 157 Å². The highest BCUT2D eigenvalue weighted by molar-refractivity contribution is 5.99. The molecule has 2 aromatic rings. The van der Waals surface area contributed by atoms with Crippen LogP contribution in [0.4, 0.5) is 0 Å². The lowest BCUT2D eigenvalue weighted by atomic mass is 9.84. The summed E-state index contributed by atoms with van der Waals surface area (Å²) in [4.78, 5) is 52.1. The molecule has 242 valence electrons. The van der Waals surface area contributed by atoms with Crippen molar-refractivity contribution < 1.29 is 29.4 Å². The number of aromatic hydroxyl groups is 2. The fraction of sp³-hybridized carbons (Fsp3) is 0.529. The average Bonchev–Trinajstić information content (AvgIpc) is 3.01. The third-order valence-corrected chi connectivity index (χ3v) is 7.82. The maximum atomic E-state index is 13.3. The molecule has 6 N–H and O–H groups in total. The smallest absolute Gasteiger partial charge is 0.273 e. The summed E-state index contributed by atoms with van der Waals surface area (Å²) in [5.74, 6) is -4.38. The van der Waals surface area contributed by atoms with Crippen LogP contribution in [0.3, 0.4) is 0 Å². The molecule has 0 aliphatic rings. The second-order valence-corrected chi connectivity index (χ2v) is 11.3. The zero-order valence-electron chi connectivity index (χ0n) is 26.6. The first-order chi connectivity index (χ1) is 21.2. The number of nitrogens with one attached hydrogen (secondary N) is 4. The van der Waals surface area contributed by atoms with Crippen LogP contribution >= 0.6 is 0 Å². The van der Waals surface area contributed by atoms with Gasteiger partial charge in [-0.15, -0.1) is 0 Å². The first kappa shape index (κ1) is 36.1. The van der Waals surface area contributed by atoms with Gasteiger partial charge in [0.1, 0.15) is 11.5 Å². The first-order valence-electron chi connectivity index (χ1n) is 16.0. The summed E-state index contributed by atoms with van der Waals surface area (Å²) >= 11 is 0. The molecule has 0 aliphatic heterocycles. The van der Waals surface area contributed by atoms with Crippen molar-refractivity contribution in [1.82, 2.24) is 21.7 Å². The molecule has 0 bridgehead atoms. The van der Waals surface area contributed by atoms with Crippen molar-refractivity contribution in [2.24, 2.45) is 11.8 Å². The van der Waals surface area contributed by atoms with Crippen molar-refractivity contribution >= 4 is 23.6 Å². The Labute approximate surface area is 261 Å². The van der Waals surface area contributed by atoms with Gasteiger partial charge in [0.15, 0.2) is 0 Å². The summed E-state index contributed by atoms with van der Waals surface area (Å²) in [6, 6.07) is 9.68. The van der Waals surface area contributed by atoms with Gasteiger partial charge in [0.25, 0.3) is 11.8 Å². The van der Waals surface area contributed by atoms with Crippen LogP contribution in [0.15, 0.2) is 36.4 Å². The highest BCUT2D eigenvalue weighted by Crippen LogP contribution is 2.25. The zero-order chi connectivity index (χ0) is 32.5. The van der Waals surface area contributed by atoms with Crippen molar-refractivity contribution in [3.8, 4) is 11.5 Å². The molecule has 0 heterocycles. The van der Waals surface area contributed by atoms with Gasteiger partial charge in [-0.2, -0.15) is 0 Å². The van der Waals surface area contributed by atoms with Crippen LogP contribution in [0.25, 0.3) is 0 Å². The van der Waals surface area contributed by atoms with Crippen LogP contribution in [0.2, 0.25) is 0 Å². The van der Waals surface area contributed by atoms with Gasteiger partial charge in [0, 0.05) is 0 Å². The number of carbonyl (C=O) groups excluding carboxylic acids is 4. The van der Waals surface area contributed by atoms with Gasteiger partial charge in [0.2, 0.25) is 11.8 Å². The van der Waals surface area contributed by atoms with Crippen LogP contribution in [0.1, 0.15) is 124 Å². The van der Waals surface area contributed by atoms with E-state index in [0.29, 0.717) is 19.3 Å². The molecule has 2 rings (SSSR count). The normalized spacial score (nSPS) is 12.2. The zero-order valence-corrected chi connectivity index (χ0v) is 26.6. The van der Waals surface area contributed by atoms with E-state index in [1.54, 1.807) is 31.2 Å². The third-order valence-electron chi connectivity index (χ3n) is 7.82. The first-order valence-corrected chi connectivity index (χ1v) is 16.0. The van der Waals surface area contributed by atoms with E-state index in [0.717, 1.165) is 68.9 Å². The number of carbonyl (C=O) groups is 4. The minimum atomic E-state index is -0.801. The number of hydrazine groups is 2. The molecule has 2 atom stereocenters. The number of aryl methyl sites for hydroxylation is 2. The summed E-state index contributed by atoms with van der Waals surface area (Å²) in [5.41, 5.74) is 11.5. The number of phenolic OH excluding ortho intramolecular Hbond substituents is 2. The molecule has 44 heavy (non-hydrogen) atoms. The molecule has 0 aromatic heterocycles. The highest BCUT2D eigenvalue weighted by Gasteiger charge is 2.33. The Hall–Kier alpha value is -4.08. The predicted molar refractivity (Wildman–Crippen MR) is 171 cm³/mol. The van der Waals surface area contributed by atoms with E-state index in [2.05, 4.69) is 42.5 Å². The molecule has 0 aliphatic carbocycles. The number of benzene rings is 2. The molecular formula is C34H50N4O6. The van der Waals surface area contributed by atoms with Gasteiger partial charge in [-0.25, -0.2) is 0 Å². The van der Waals surface area contributed by atoms with Crippen LogP contribution < -0.4 is 21.7 Å². The monoisotopic (exact) mass is 610 g/mol. The lowest BCUT2D eigenvalue weighted by Crippen LogP contribution is -2.51.